The number of ether oxygens (including phenoxy) is 1. The van der Waals surface area contributed by atoms with Crippen molar-refractivity contribution in [2.45, 2.75) is 51.1 Å². The quantitative estimate of drug-likeness (QED) is 0.693. The fourth-order valence-corrected chi connectivity index (χ4v) is 5.00. The minimum absolute atomic E-state index is 0.00754. The number of nitrogens with zero attached hydrogens (tertiary/aromatic N) is 1. The number of carbonyl (C=O) groups excluding carboxylic acids is 2. The number of fused-ring (bicyclic) bond motifs is 3. The van der Waals surface area contributed by atoms with E-state index >= 15 is 0 Å². The molecule has 7 heteroatoms. The van der Waals surface area contributed by atoms with Gasteiger partial charge in [0.15, 0.2) is 0 Å². The van der Waals surface area contributed by atoms with E-state index in [2.05, 4.69) is 24.4 Å². The van der Waals surface area contributed by atoms with E-state index in [1.54, 1.807) is 4.90 Å². The monoisotopic (exact) mass is 450 g/mol. The molecule has 33 heavy (non-hydrogen) atoms. The second-order valence-corrected chi connectivity index (χ2v) is 9.01. The summed E-state index contributed by atoms with van der Waals surface area (Å²) in [5.74, 6) is -1.31. The zero-order valence-corrected chi connectivity index (χ0v) is 19.0. The number of carboxylic acid groups (broad SMARTS) is 1. The molecule has 2 N–H and O–H groups in total. The van der Waals surface area contributed by atoms with Gasteiger partial charge in [-0.3, -0.25) is 9.59 Å². The van der Waals surface area contributed by atoms with E-state index in [0.717, 1.165) is 35.1 Å². The predicted octanol–water partition coefficient (Wildman–Crippen LogP) is 4.02. The Morgan fingerprint density at radius 1 is 1.06 bits per heavy atom. The number of benzene rings is 2. The summed E-state index contributed by atoms with van der Waals surface area (Å²) in [4.78, 5) is 38.8. The Balaban J connectivity index is 1.44. The van der Waals surface area contributed by atoms with Crippen LogP contribution in [0.5, 0.6) is 0 Å². The van der Waals surface area contributed by atoms with Crippen molar-refractivity contribution < 1.29 is 24.2 Å². The lowest BCUT2D eigenvalue weighted by atomic mass is 9.91. The molecule has 174 valence electrons. The lowest BCUT2D eigenvalue weighted by Gasteiger charge is -2.39. The molecule has 0 bridgehead atoms. The summed E-state index contributed by atoms with van der Waals surface area (Å²) in [5, 5.41) is 11.8. The number of likely N-dealkylation sites (tertiary alicyclic amines) is 1. The van der Waals surface area contributed by atoms with Crippen LogP contribution >= 0.6 is 0 Å². The van der Waals surface area contributed by atoms with Crippen molar-refractivity contribution in [2.75, 3.05) is 13.2 Å². The minimum atomic E-state index is -1.16. The molecule has 1 heterocycles. The maximum Gasteiger partial charge on any atom is 0.407 e. The smallest absolute Gasteiger partial charge is 0.407 e. The van der Waals surface area contributed by atoms with E-state index in [-0.39, 0.29) is 24.5 Å². The molecule has 3 unspecified atom stereocenters. The molecule has 0 aromatic heterocycles. The standard InChI is InChI=1S/C26H30N2O5/c1-16-8-7-13-28(17(16)2)25(31)23(14-24(29)30)27-26(32)33-15-22-20-11-5-3-9-18(20)19-10-4-6-12-21(19)22/h3-6,9-12,16-17,22-23H,7-8,13-15H2,1-2H3,(H,27,32)(H,29,30). The van der Waals surface area contributed by atoms with Gasteiger partial charge >= 0.3 is 12.1 Å². The molecule has 0 saturated carbocycles. The first-order valence-electron chi connectivity index (χ1n) is 11.5. The molecule has 1 saturated heterocycles. The van der Waals surface area contributed by atoms with Gasteiger partial charge in [-0.15, -0.1) is 0 Å². The van der Waals surface area contributed by atoms with Crippen LogP contribution in [0, 0.1) is 5.92 Å². The van der Waals surface area contributed by atoms with Crippen molar-refractivity contribution in [1.29, 1.82) is 0 Å². The summed E-state index contributed by atoms with van der Waals surface area (Å²) in [7, 11) is 0. The molecule has 2 amide bonds. The molecule has 7 nitrogen and oxygen atoms in total. The summed E-state index contributed by atoms with van der Waals surface area (Å²) in [6, 6.07) is 14.9. The lowest BCUT2D eigenvalue weighted by molar-refractivity contribution is -0.144. The maximum atomic E-state index is 13.1. The molecule has 2 aromatic carbocycles. The van der Waals surface area contributed by atoms with Crippen molar-refractivity contribution >= 4 is 18.0 Å². The number of carboxylic acids is 1. The molecule has 1 aliphatic heterocycles. The predicted molar refractivity (Wildman–Crippen MR) is 124 cm³/mol. The average molecular weight is 451 g/mol. The number of hydrogen-bond acceptors (Lipinski definition) is 4. The highest BCUT2D eigenvalue weighted by atomic mass is 16.5. The molecule has 1 aliphatic carbocycles. The van der Waals surface area contributed by atoms with Crippen LogP contribution < -0.4 is 5.32 Å². The van der Waals surface area contributed by atoms with Gasteiger partial charge in [0.05, 0.1) is 6.42 Å². The zero-order chi connectivity index (χ0) is 23.5. The molecule has 0 spiro atoms. The van der Waals surface area contributed by atoms with E-state index in [0.29, 0.717) is 12.5 Å². The van der Waals surface area contributed by atoms with Gasteiger partial charge in [0.25, 0.3) is 0 Å². The molecule has 0 radical (unpaired) electrons. The first-order valence-corrected chi connectivity index (χ1v) is 11.5. The van der Waals surface area contributed by atoms with Gasteiger partial charge in [-0.25, -0.2) is 4.79 Å². The van der Waals surface area contributed by atoms with E-state index in [4.69, 9.17) is 4.74 Å². The Labute approximate surface area is 193 Å². The SMILES string of the molecule is CC1CCCN(C(=O)C(CC(=O)O)NC(=O)OCC2c3ccccc3-c3ccccc32)C1C. The summed E-state index contributed by atoms with van der Waals surface area (Å²) < 4.78 is 5.52. The molecule has 2 aliphatic rings. The maximum absolute atomic E-state index is 13.1. The molecule has 1 fully saturated rings. The van der Waals surface area contributed by atoms with Gasteiger partial charge in [-0.1, -0.05) is 55.5 Å². The molecule has 2 aromatic rings. The third-order valence-electron chi connectivity index (χ3n) is 6.97. The van der Waals surface area contributed by atoms with Crippen LogP contribution in [0.15, 0.2) is 48.5 Å². The highest BCUT2D eigenvalue weighted by Crippen LogP contribution is 2.44. The van der Waals surface area contributed by atoms with Crippen molar-refractivity contribution in [1.82, 2.24) is 10.2 Å². The van der Waals surface area contributed by atoms with E-state index in [1.807, 2.05) is 43.3 Å². The van der Waals surface area contributed by atoms with Gasteiger partial charge in [0.2, 0.25) is 5.91 Å². The van der Waals surface area contributed by atoms with E-state index in [1.165, 1.54) is 0 Å². The average Bonchev–Trinajstić information content (AvgIpc) is 3.12. The summed E-state index contributed by atoms with van der Waals surface area (Å²) >= 11 is 0. The van der Waals surface area contributed by atoms with Crippen LogP contribution in [0.2, 0.25) is 0 Å². The van der Waals surface area contributed by atoms with Crippen LogP contribution in [-0.4, -0.2) is 53.2 Å². The molecular formula is C26H30N2O5. The van der Waals surface area contributed by atoms with Gasteiger partial charge < -0.3 is 20.1 Å². The number of aliphatic carboxylic acids is 1. The third-order valence-corrected chi connectivity index (χ3v) is 6.97. The topological polar surface area (TPSA) is 95.9 Å². The molecule has 3 atom stereocenters. The highest BCUT2D eigenvalue weighted by Gasteiger charge is 2.35. The van der Waals surface area contributed by atoms with Crippen molar-refractivity contribution in [2.24, 2.45) is 5.92 Å². The first-order chi connectivity index (χ1) is 15.9. The Morgan fingerprint density at radius 2 is 1.67 bits per heavy atom. The van der Waals surface area contributed by atoms with Crippen LogP contribution in [0.3, 0.4) is 0 Å². The second-order valence-electron chi connectivity index (χ2n) is 9.01. The summed E-state index contributed by atoms with van der Waals surface area (Å²) in [5.41, 5.74) is 4.41. The highest BCUT2D eigenvalue weighted by molar-refractivity contribution is 5.89. The Hall–Kier alpha value is -3.35. The number of amides is 2. The summed E-state index contributed by atoms with van der Waals surface area (Å²) in [6.45, 7) is 4.71. The number of piperidine rings is 1. The summed E-state index contributed by atoms with van der Waals surface area (Å²) in [6.07, 6.45) is 0.617. The molecule has 4 rings (SSSR count). The van der Waals surface area contributed by atoms with E-state index < -0.39 is 24.5 Å². The fourth-order valence-electron chi connectivity index (χ4n) is 5.00. The number of rotatable bonds is 6. The Kier molecular flexibility index (Phi) is 6.67. The lowest BCUT2D eigenvalue weighted by Crippen LogP contribution is -2.55. The number of nitrogens with one attached hydrogen (secondary N) is 1. The van der Waals surface area contributed by atoms with Crippen molar-refractivity contribution in [3.63, 3.8) is 0 Å². The number of alkyl carbamates (subject to hydrolysis) is 1. The van der Waals surface area contributed by atoms with Gasteiger partial charge in [-0.2, -0.15) is 0 Å². The van der Waals surface area contributed by atoms with Crippen molar-refractivity contribution in [3.05, 3.63) is 59.7 Å². The first kappa shape index (κ1) is 22.8. The largest absolute Gasteiger partial charge is 0.481 e. The zero-order valence-electron chi connectivity index (χ0n) is 19.0. The van der Waals surface area contributed by atoms with Crippen molar-refractivity contribution in [3.8, 4) is 11.1 Å². The minimum Gasteiger partial charge on any atom is -0.481 e. The van der Waals surface area contributed by atoms with Gasteiger partial charge in [0.1, 0.15) is 12.6 Å². The van der Waals surface area contributed by atoms with Crippen LogP contribution in [0.1, 0.15) is 50.2 Å². The third kappa shape index (κ3) is 4.72. The van der Waals surface area contributed by atoms with Gasteiger partial charge in [-0.05, 0) is 47.9 Å². The van der Waals surface area contributed by atoms with Crippen LogP contribution in [0.25, 0.3) is 11.1 Å². The number of carbonyl (C=O) groups is 3. The van der Waals surface area contributed by atoms with Crippen LogP contribution in [-0.2, 0) is 14.3 Å². The fraction of sp³-hybridized carbons (Fsp3) is 0.423. The Bertz CT molecular complexity index is 1010. The van der Waals surface area contributed by atoms with Gasteiger partial charge in [0, 0.05) is 18.5 Å². The second kappa shape index (κ2) is 9.65. The number of hydrogen-bond donors (Lipinski definition) is 2. The Morgan fingerprint density at radius 3 is 2.27 bits per heavy atom. The van der Waals surface area contributed by atoms with E-state index in [9.17, 15) is 19.5 Å². The normalized spacial score (nSPS) is 20.5. The van der Waals surface area contributed by atoms with Crippen LogP contribution in [0.4, 0.5) is 4.79 Å². The molecular weight excluding hydrogens is 420 g/mol.